The van der Waals surface area contributed by atoms with E-state index in [1.54, 1.807) is 22.5 Å². The number of carbonyl (C=O) groups is 3. The van der Waals surface area contributed by atoms with E-state index in [-0.39, 0.29) is 33.5 Å². The van der Waals surface area contributed by atoms with E-state index in [9.17, 15) is 29.7 Å². The zero-order valence-electron chi connectivity index (χ0n) is 31.1. The van der Waals surface area contributed by atoms with Gasteiger partial charge < -0.3 is 29.7 Å². The van der Waals surface area contributed by atoms with Crippen LogP contribution in [-0.2, 0) is 14.4 Å². The molecule has 0 bridgehead atoms. The van der Waals surface area contributed by atoms with Gasteiger partial charge in [0.05, 0.1) is 0 Å². The number of rotatable bonds is 26. The summed E-state index contributed by atoms with van der Waals surface area (Å²) in [4.78, 5) is 32.1. The average molecular weight is 828 g/mol. The Morgan fingerprint density at radius 1 is 0.447 bits per heavy atom. The summed E-state index contributed by atoms with van der Waals surface area (Å²) < 4.78 is 1.43. The zero-order chi connectivity index (χ0) is 37.0. The van der Waals surface area contributed by atoms with Crippen LogP contribution in [0.4, 0.5) is 0 Å². The molecule has 6 unspecified atom stereocenters. The van der Waals surface area contributed by atoms with Crippen molar-refractivity contribution in [3.63, 3.8) is 0 Å². The molecule has 0 amide bonds. The molecule has 0 radical (unpaired) electrons. The molecular weight excluding hydrogens is 755 g/mol. The summed E-state index contributed by atoms with van der Waals surface area (Å²) in [5, 5.41) is 31.8. The number of aliphatic carboxylic acids is 3. The second-order valence-electron chi connectivity index (χ2n) is 12.7. The van der Waals surface area contributed by atoms with Crippen LogP contribution < -0.4 is 15.3 Å². The summed E-state index contributed by atoms with van der Waals surface area (Å²) in [5.41, 5.74) is 0. The molecule has 47 heavy (non-hydrogen) atoms. The molecule has 0 spiro atoms. The van der Waals surface area contributed by atoms with Gasteiger partial charge >= 0.3 is 46.7 Å². The van der Waals surface area contributed by atoms with Crippen molar-refractivity contribution < 1.29 is 29.7 Å². The minimum atomic E-state index is -0.956. The van der Waals surface area contributed by atoms with Gasteiger partial charge in [-0.1, -0.05) is 138 Å². The first kappa shape index (κ1) is 54.0. The Kier molecular flexibility index (Phi) is 46.8. The predicted molar refractivity (Wildman–Crippen MR) is 206 cm³/mol. The normalized spacial score (nSPS) is 14.4. The van der Waals surface area contributed by atoms with E-state index in [0.29, 0.717) is 19.3 Å². The first-order chi connectivity index (χ1) is 22.2. The first-order valence-electron chi connectivity index (χ1n) is 18.5. The fraction of sp³-hybridized carbons (Fsp3) is 0.919. The van der Waals surface area contributed by atoms with Gasteiger partial charge in [-0.05, 0) is 19.3 Å². The van der Waals surface area contributed by atoms with Gasteiger partial charge in [0.25, 0.3) is 0 Å². The number of unbranched alkanes of at least 4 members (excludes halogenated alkanes) is 13. The van der Waals surface area contributed by atoms with Crippen LogP contribution in [0.25, 0.3) is 0 Å². The van der Waals surface area contributed by atoms with E-state index >= 15 is 0 Å². The predicted octanol–water partition coefficient (Wildman–Crippen LogP) is 7.47. The Balaban J connectivity index is -0.000000275. The van der Waals surface area contributed by atoms with Crippen LogP contribution in [-0.4, -0.2) is 56.2 Å². The van der Waals surface area contributed by atoms with Crippen molar-refractivity contribution in [3.8, 4) is 0 Å². The van der Waals surface area contributed by atoms with Gasteiger partial charge in [0.15, 0.2) is 0 Å². The van der Waals surface area contributed by atoms with Crippen molar-refractivity contribution in [3.05, 3.63) is 0 Å². The first-order valence-corrected chi connectivity index (χ1v) is 22.1. The fourth-order valence-electron chi connectivity index (χ4n) is 4.75. The zero-order valence-corrected chi connectivity index (χ0v) is 36.6. The van der Waals surface area contributed by atoms with Crippen LogP contribution in [0.5, 0.6) is 0 Å². The van der Waals surface area contributed by atoms with Crippen molar-refractivity contribution in [1.82, 2.24) is 0 Å². The number of carbonyl (C=O) groups excluding carboxylic acids is 3. The molecular formula is C37H72O6S3Sn. The van der Waals surface area contributed by atoms with Crippen LogP contribution in [0, 0.1) is 17.8 Å². The monoisotopic (exact) mass is 828 g/mol. The van der Waals surface area contributed by atoms with Crippen LogP contribution in [0.15, 0.2) is 0 Å². The van der Waals surface area contributed by atoms with E-state index in [1.807, 2.05) is 20.8 Å². The van der Waals surface area contributed by atoms with Gasteiger partial charge in [-0.3, -0.25) is 0 Å². The van der Waals surface area contributed by atoms with Gasteiger partial charge in [-0.25, -0.2) is 0 Å². The minimum absolute atomic E-state index is 0.105. The van der Waals surface area contributed by atoms with E-state index in [1.165, 1.54) is 75.1 Å². The Morgan fingerprint density at radius 3 is 0.787 bits per heavy atom. The van der Waals surface area contributed by atoms with Crippen LogP contribution in [0.3, 0.4) is 0 Å². The van der Waals surface area contributed by atoms with Crippen LogP contribution in [0.2, 0.25) is 4.44 Å². The van der Waals surface area contributed by atoms with E-state index in [4.69, 9.17) is 0 Å². The summed E-state index contributed by atoms with van der Waals surface area (Å²) in [6.45, 7) is 14.2. The van der Waals surface area contributed by atoms with Gasteiger partial charge in [0.1, 0.15) is 0 Å². The van der Waals surface area contributed by atoms with E-state index in [0.717, 1.165) is 38.5 Å². The maximum atomic E-state index is 10.7. The second kappa shape index (κ2) is 40.7. The number of thiol groups is 3. The van der Waals surface area contributed by atoms with Crippen molar-refractivity contribution >= 4 is 78.3 Å². The van der Waals surface area contributed by atoms with Gasteiger partial charge in [-0.2, -0.15) is 37.9 Å². The Bertz CT molecular complexity index is 607. The molecule has 0 heterocycles. The number of carboxylic acid groups (broad SMARTS) is 3. The number of carboxylic acids is 3. The quantitative estimate of drug-likeness (QED) is 0.0473. The molecule has 0 aliphatic carbocycles. The Hall–Kier alpha value is 0.259. The molecule has 0 aliphatic rings. The third kappa shape index (κ3) is 40.6. The number of hydrogen-bond acceptors (Lipinski definition) is 9. The average Bonchev–Trinajstić information content (AvgIpc) is 2.98. The summed E-state index contributed by atoms with van der Waals surface area (Å²) in [5.74, 6) is -4.03. The van der Waals surface area contributed by atoms with E-state index in [2.05, 4.69) is 65.6 Å². The molecule has 0 aromatic rings. The number of hydrogen-bond donors (Lipinski definition) is 3. The molecule has 0 N–H and O–H groups in total. The van der Waals surface area contributed by atoms with Crippen molar-refractivity contribution in [2.45, 2.75) is 197 Å². The molecule has 0 saturated carbocycles. The Morgan fingerprint density at radius 2 is 0.660 bits per heavy atom. The molecule has 0 aromatic heterocycles. The van der Waals surface area contributed by atoms with Gasteiger partial charge in [-0.15, -0.1) is 0 Å². The van der Waals surface area contributed by atoms with Crippen LogP contribution >= 0.6 is 37.9 Å². The summed E-state index contributed by atoms with van der Waals surface area (Å²) in [7, 11) is 0. The third-order valence-electron chi connectivity index (χ3n) is 8.04. The van der Waals surface area contributed by atoms with Gasteiger partial charge in [0, 0.05) is 51.4 Å². The third-order valence-corrected chi connectivity index (χ3v) is 10.1. The van der Waals surface area contributed by atoms with Crippen molar-refractivity contribution in [2.24, 2.45) is 17.8 Å². The fourth-order valence-corrected chi connectivity index (χ4v) is 6.57. The summed E-state index contributed by atoms with van der Waals surface area (Å²) in [6, 6.07) is 0. The topological polar surface area (TPSA) is 120 Å². The summed E-state index contributed by atoms with van der Waals surface area (Å²) >= 11 is 14.2. The molecule has 6 atom stereocenters. The molecule has 6 nitrogen and oxygen atoms in total. The van der Waals surface area contributed by atoms with Crippen molar-refractivity contribution in [2.75, 3.05) is 0 Å². The second-order valence-corrected chi connectivity index (χ2v) is 16.6. The molecule has 0 aliphatic heterocycles. The van der Waals surface area contributed by atoms with E-state index < -0.39 is 17.9 Å². The molecule has 0 rings (SSSR count). The maximum absolute atomic E-state index is 10.7. The molecule has 278 valence electrons. The molecule has 0 saturated heterocycles. The van der Waals surface area contributed by atoms with Crippen molar-refractivity contribution in [1.29, 1.82) is 0 Å². The molecule has 10 heteroatoms. The summed E-state index contributed by atoms with van der Waals surface area (Å²) in [6.07, 6.45) is 22.2. The molecule has 0 aromatic carbocycles. The van der Waals surface area contributed by atoms with Crippen LogP contribution in [0.1, 0.15) is 177 Å². The SMILES string of the molecule is CCCCCCCC(C(=O)[O-])C(C)S.CCCCCCCC(C(=O)[O-])C(C)S.CCCCCCCC(C(=O)[O-])C(C)S.CCC[CH2][Sn+3]. The Labute approximate surface area is 320 Å². The standard InChI is InChI=1S/3C11H22O2S.C4H9.Sn/c3*1-3-4-5-6-7-8-10(9(2)14)11(12)13;1-3-4-2;/h3*9-10,14H,3-8H2,1-2H3,(H,12,13);1,3-4H2,2H3;/q;;;;+3/p-3. The molecule has 0 fully saturated rings. The van der Waals surface area contributed by atoms with Gasteiger partial charge in [0.2, 0.25) is 0 Å².